The van der Waals surface area contributed by atoms with E-state index >= 15 is 0 Å². The summed E-state index contributed by atoms with van der Waals surface area (Å²) < 4.78 is 23.6. The number of hydrogen-bond donors (Lipinski definition) is 2. The fourth-order valence-electron chi connectivity index (χ4n) is 2.21. The minimum absolute atomic E-state index is 0.0258. The summed E-state index contributed by atoms with van der Waals surface area (Å²) in [5.41, 5.74) is 1.53. The topological polar surface area (TPSA) is 87.7 Å². The van der Waals surface area contributed by atoms with Crippen LogP contribution in [0.15, 0.2) is 16.7 Å². The van der Waals surface area contributed by atoms with E-state index in [0.29, 0.717) is 18.6 Å². The van der Waals surface area contributed by atoms with Gasteiger partial charge in [0.1, 0.15) is 5.82 Å². The molecule has 1 saturated heterocycles. The van der Waals surface area contributed by atoms with Gasteiger partial charge in [-0.3, -0.25) is 0 Å². The van der Waals surface area contributed by atoms with Crippen LogP contribution in [0.1, 0.15) is 12.2 Å². The number of H-pyrrole nitrogens is 1. The smallest absolute Gasteiger partial charge is 0.177 e. The van der Waals surface area contributed by atoms with Crippen molar-refractivity contribution < 1.29 is 8.42 Å². The van der Waals surface area contributed by atoms with Crippen LogP contribution in [0.25, 0.3) is 11.2 Å². The van der Waals surface area contributed by atoms with Crippen LogP contribution in [0.5, 0.6) is 0 Å². The quantitative estimate of drug-likeness (QED) is 0.867. The standard InChI is InChI=1S/C11H13BrN4O2S/c12-7-3-9-11(14-4-7)16-10(15-9)5-13-8-1-2-19(17,18)6-8/h3-4,8,13H,1-2,5-6H2,(H,14,15,16). The summed E-state index contributed by atoms with van der Waals surface area (Å²) in [5.74, 6) is 1.26. The van der Waals surface area contributed by atoms with Crippen molar-refractivity contribution in [3.8, 4) is 0 Å². The minimum atomic E-state index is -2.84. The summed E-state index contributed by atoms with van der Waals surface area (Å²) in [7, 11) is -2.84. The molecule has 0 radical (unpaired) electrons. The van der Waals surface area contributed by atoms with Gasteiger partial charge in [0.25, 0.3) is 0 Å². The first kappa shape index (κ1) is 13.0. The molecule has 0 spiro atoms. The molecule has 0 aliphatic carbocycles. The Bertz CT molecular complexity index is 713. The van der Waals surface area contributed by atoms with Crippen LogP contribution in [0.4, 0.5) is 0 Å². The Labute approximate surface area is 119 Å². The number of nitrogens with one attached hydrogen (secondary N) is 2. The van der Waals surface area contributed by atoms with Crippen molar-refractivity contribution in [3.05, 3.63) is 22.6 Å². The number of halogens is 1. The average Bonchev–Trinajstić information content (AvgIpc) is 2.89. The number of sulfone groups is 1. The van der Waals surface area contributed by atoms with Gasteiger partial charge in [-0.25, -0.2) is 18.4 Å². The van der Waals surface area contributed by atoms with Crippen molar-refractivity contribution in [2.24, 2.45) is 0 Å². The number of aromatic amines is 1. The van der Waals surface area contributed by atoms with Crippen molar-refractivity contribution in [1.82, 2.24) is 20.3 Å². The maximum Gasteiger partial charge on any atom is 0.177 e. The molecule has 0 aromatic carbocycles. The largest absolute Gasteiger partial charge is 0.339 e. The number of aromatic nitrogens is 3. The highest BCUT2D eigenvalue weighted by atomic mass is 79.9. The molecular formula is C11H13BrN4O2S. The first-order valence-corrected chi connectivity index (χ1v) is 8.57. The number of fused-ring (bicyclic) bond motifs is 1. The van der Waals surface area contributed by atoms with Crippen molar-refractivity contribution in [3.63, 3.8) is 0 Å². The lowest BCUT2D eigenvalue weighted by Gasteiger charge is -2.08. The second-order valence-corrected chi connectivity index (χ2v) is 7.83. The molecule has 2 aromatic rings. The van der Waals surface area contributed by atoms with E-state index in [2.05, 4.69) is 36.2 Å². The molecule has 0 bridgehead atoms. The lowest BCUT2D eigenvalue weighted by Crippen LogP contribution is -2.29. The van der Waals surface area contributed by atoms with Gasteiger partial charge in [0.15, 0.2) is 15.5 Å². The van der Waals surface area contributed by atoms with Crippen LogP contribution in [0.3, 0.4) is 0 Å². The summed E-state index contributed by atoms with van der Waals surface area (Å²) in [4.78, 5) is 11.7. The highest BCUT2D eigenvalue weighted by Gasteiger charge is 2.27. The number of nitrogens with zero attached hydrogens (tertiary/aromatic N) is 2. The van der Waals surface area contributed by atoms with Gasteiger partial charge < -0.3 is 10.3 Å². The third-order valence-electron chi connectivity index (χ3n) is 3.14. The zero-order valence-electron chi connectivity index (χ0n) is 10.1. The molecule has 1 aliphatic rings. The van der Waals surface area contributed by atoms with E-state index in [1.54, 1.807) is 6.20 Å². The van der Waals surface area contributed by atoms with E-state index < -0.39 is 9.84 Å². The molecule has 0 saturated carbocycles. The van der Waals surface area contributed by atoms with Gasteiger partial charge in [0.05, 0.1) is 23.6 Å². The Morgan fingerprint density at radius 3 is 3.11 bits per heavy atom. The lowest BCUT2D eigenvalue weighted by molar-refractivity contribution is 0.544. The van der Waals surface area contributed by atoms with E-state index in [1.807, 2.05) is 6.07 Å². The normalized spacial score (nSPS) is 22.1. The second-order valence-electron chi connectivity index (χ2n) is 4.69. The van der Waals surface area contributed by atoms with Gasteiger partial charge in [-0.05, 0) is 28.4 Å². The summed E-state index contributed by atoms with van der Waals surface area (Å²) in [6, 6.07) is 1.94. The number of pyridine rings is 1. The molecule has 2 aromatic heterocycles. The Morgan fingerprint density at radius 1 is 1.53 bits per heavy atom. The minimum Gasteiger partial charge on any atom is -0.339 e. The molecule has 3 rings (SSSR count). The molecule has 3 heterocycles. The van der Waals surface area contributed by atoms with Gasteiger partial charge in [0, 0.05) is 16.7 Å². The second kappa shape index (κ2) is 4.84. The summed E-state index contributed by atoms with van der Waals surface area (Å²) in [6.07, 6.45) is 2.37. The first-order valence-electron chi connectivity index (χ1n) is 5.96. The monoisotopic (exact) mass is 344 g/mol. The molecule has 102 valence electrons. The van der Waals surface area contributed by atoms with Crippen LogP contribution >= 0.6 is 15.9 Å². The molecule has 1 aliphatic heterocycles. The lowest BCUT2D eigenvalue weighted by atomic mass is 10.2. The predicted molar refractivity (Wildman–Crippen MR) is 75.5 cm³/mol. The third-order valence-corrected chi connectivity index (χ3v) is 5.35. The highest BCUT2D eigenvalue weighted by molar-refractivity contribution is 9.10. The SMILES string of the molecule is O=S1(=O)CCC(NCc2nc3ncc(Br)cc3[nH]2)C1. The molecule has 1 atom stereocenters. The van der Waals surface area contributed by atoms with Gasteiger partial charge in [0.2, 0.25) is 0 Å². The molecule has 8 heteroatoms. The third kappa shape index (κ3) is 2.96. The van der Waals surface area contributed by atoms with Gasteiger partial charge in [-0.2, -0.15) is 0 Å². The first-order chi connectivity index (χ1) is 9.02. The van der Waals surface area contributed by atoms with Crippen LogP contribution in [-0.2, 0) is 16.4 Å². The highest BCUT2D eigenvalue weighted by Crippen LogP contribution is 2.16. The molecule has 1 unspecified atom stereocenters. The van der Waals surface area contributed by atoms with E-state index in [-0.39, 0.29) is 17.5 Å². The van der Waals surface area contributed by atoms with Crippen molar-refractivity contribution >= 4 is 36.9 Å². The summed E-state index contributed by atoms with van der Waals surface area (Å²) in [6.45, 7) is 0.522. The van der Waals surface area contributed by atoms with Crippen LogP contribution < -0.4 is 5.32 Å². The maximum atomic E-state index is 11.4. The van der Waals surface area contributed by atoms with Crippen molar-refractivity contribution in [2.45, 2.75) is 19.0 Å². The Balaban J connectivity index is 1.69. The average molecular weight is 345 g/mol. The van der Waals surface area contributed by atoms with Gasteiger partial charge in [-0.1, -0.05) is 0 Å². The summed E-state index contributed by atoms with van der Waals surface area (Å²) >= 11 is 3.35. The van der Waals surface area contributed by atoms with Crippen molar-refractivity contribution in [1.29, 1.82) is 0 Å². The van der Waals surface area contributed by atoms with E-state index in [9.17, 15) is 8.42 Å². The molecular weight excluding hydrogens is 332 g/mol. The van der Waals surface area contributed by atoms with E-state index in [1.165, 1.54) is 0 Å². The van der Waals surface area contributed by atoms with Crippen LogP contribution in [0, 0.1) is 0 Å². The molecule has 0 amide bonds. The van der Waals surface area contributed by atoms with E-state index in [4.69, 9.17) is 0 Å². The maximum absolute atomic E-state index is 11.4. The predicted octanol–water partition coefficient (Wildman–Crippen LogP) is 0.997. The number of hydrogen-bond acceptors (Lipinski definition) is 5. The number of imidazole rings is 1. The fraction of sp³-hybridized carbons (Fsp3) is 0.455. The van der Waals surface area contributed by atoms with Crippen molar-refractivity contribution in [2.75, 3.05) is 11.5 Å². The Morgan fingerprint density at radius 2 is 2.37 bits per heavy atom. The molecule has 6 nitrogen and oxygen atoms in total. The molecule has 2 N–H and O–H groups in total. The molecule has 19 heavy (non-hydrogen) atoms. The van der Waals surface area contributed by atoms with Crippen LogP contribution in [-0.4, -0.2) is 40.9 Å². The number of rotatable bonds is 3. The van der Waals surface area contributed by atoms with Gasteiger partial charge >= 0.3 is 0 Å². The van der Waals surface area contributed by atoms with Crippen LogP contribution in [0.2, 0.25) is 0 Å². The zero-order valence-corrected chi connectivity index (χ0v) is 12.5. The summed E-state index contributed by atoms with van der Waals surface area (Å²) in [5, 5.41) is 3.22. The fourth-order valence-corrected chi connectivity index (χ4v) is 4.24. The molecule has 1 fully saturated rings. The van der Waals surface area contributed by atoms with Gasteiger partial charge in [-0.15, -0.1) is 0 Å². The Hall–Kier alpha value is -0.990. The van der Waals surface area contributed by atoms with E-state index in [0.717, 1.165) is 15.8 Å². The zero-order chi connectivity index (χ0) is 13.5. The Kier molecular flexibility index (Phi) is 3.32.